The highest BCUT2D eigenvalue weighted by Gasteiger charge is 2.01. The van der Waals surface area contributed by atoms with E-state index < -0.39 is 0 Å². The molecular formula is C10H15N. The van der Waals surface area contributed by atoms with Gasteiger partial charge in [0.05, 0.1) is 0 Å². The van der Waals surface area contributed by atoms with Crippen molar-refractivity contribution in [3.8, 4) is 0 Å². The van der Waals surface area contributed by atoms with Crippen molar-refractivity contribution in [1.29, 1.82) is 0 Å². The molecule has 1 rings (SSSR count). The van der Waals surface area contributed by atoms with Crippen LogP contribution < -0.4 is 0 Å². The van der Waals surface area contributed by atoms with Gasteiger partial charge in [-0.2, -0.15) is 0 Å². The summed E-state index contributed by atoms with van der Waals surface area (Å²) in [5, 5.41) is 0. The van der Waals surface area contributed by atoms with Crippen LogP contribution in [0, 0.1) is 0 Å². The zero-order valence-corrected chi connectivity index (χ0v) is 7.25. The molecule has 0 aliphatic rings. The van der Waals surface area contributed by atoms with Gasteiger partial charge >= 0.3 is 0 Å². The smallest absolute Gasteiger partial charge is 0.0302 e. The molecule has 1 heteroatoms. The predicted molar refractivity (Wildman–Crippen MR) is 47.6 cm³/mol. The lowest BCUT2D eigenvalue weighted by Crippen LogP contribution is -1.92. The maximum Gasteiger partial charge on any atom is 0.0302 e. The Balaban J connectivity index is 2.61. The summed E-state index contributed by atoms with van der Waals surface area (Å²) in [5.74, 6) is 0.661. The van der Waals surface area contributed by atoms with E-state index in [1.807, 2.05) is 18.5 Å². The van der Waals surface area contributed by atoms with E-state index >= 15 is 0 Å². The molecule has 0 aliphatic heterocycles. The summed E-state index contributed by atoms with van der Waals surface area (Å²) in [5.41, 5.74) is 1.36. The molecule has 0 saturated heterocycles. The number of hydrogen-bond donors (Lipinski definition) is 0. The molecule has 11 heavy (non-hydrogen) atoms. The van der Waals surface area contributed by atoms with Gasteiger partial charge in [0.25, 0.3) is 0 Å². The topological polar surface area (TPSA) is 12.9 Å². The zero-order valence-electron chi connectivity index (χ0n) is 7.25. The van der Waals surface area contributed by atoms with Gasteiger partial charge in [-0.15, -0.1) is 0 Å². The van der Waals surface area contributed by atoms with E-state index in [0.717, 1.165) is 0 Å². The van der Waals surface area contributed by atoms with Crippen LogP contribution in [-0.4, -0.2) is 4.98 Å². The van der Waals surface area contributed by atoms with Crippen molar-refractivity contribution >= 4 is 0 Å². The monoisotopic (exact) mass is 149 g/mol. The van der Waals surface area contributed by atoms with Crippen molar-refractivity contribution in [1.82, 2.24) is 4.98 Å². The summed E-state index contributed by atoms with van der Waals surface area (Å²) >= 11 is 0. The summed E-state index contributed by atoms with van der Waals surface area (Å²) in [6.07, 6.45) is 6.28. The van der Waals surface area contributed by atoms with Crippen molar-refractivity contribution in [3.63, 3.8) is 0 Å². The first-order valence-electron chi connectivity index (χ1n) is 4.24. The summed E-state index contributed by atoms with van der Waals surface area (Å²) in [6, 6.07) is 4.15. The van der Waals surface area contributed by atoms with Gasteiger partial charge in [0.2, 0.25) is 0 Å². The Morgan fingerprint density at radius 3 is 2.91 bits per heavy atom. The minimum absolute atomic E-state index is 0.661. The lowest BCUT2D eigenvalue weighted by molar-refractivity contribution is 0.662. The third-order valence-corrected chi connectivity index (χ3v) is 1.98. The van der Waals surface area contributed by atoms with Crippen LogP contribution in [0.3, 0.4) is 0 Å². The molecule has 1 aromatic heterocycles. The van der Waals surface area contributed by atoms with Crippen LogP contribution >= 0.6 is 0 Å². The van der Waals surface area contributed by atoms with E-state index in [-0.39, 0.29) is 0 Å². The minimum Gasteiger partial charge on any atom is -0.264 e. The van der Waals surface area contributed by atoms with E-state index in [4.69, 9.17) is 0 Å². The summed E-state index contributed by atoms with van der Waals surface area (Å²) in [4.78, 5) is 4.09. The fraction of sp³-hybridized carbons (Fsp3) is 0.500. The van der Waals surface area contributed by atoms with Gasteiger partial charge < -0.3 is 0 Å². The Labute approximate surface area is 68.5 Å². The fourth-order valence-electron chi connectivity index (χ4n) is 1.27. The van der Waals surface area contributed by atoms with Crippen molar-refractivity contribution in [3.05, 3.63) is 30.1 Å². The van der Waals surface area contributed by atoms with E-state index in [9.17, 15) is 0 Å². The molecule has 1 heterocycles. The molecular weight excluding hydrogens is 134 g/mol. The van der Waals surface area contributed by atoms with E-state index in [0.29, 0.717) is 5.92 Å². The number of rotatable bonds is 3. The van der Waals surface area contributed by atoms with Crippen LogP contribution in [-0.2, 0) is 0 Å². The molecule has 1 nitrogen and oxygen atoms in total. The van der Waals surface area contributed by atoms with E-state index in [1.165, 1.54) is 18.4 Å². The van der Waals surface area contributed by atoms with E-state index in [1.54, 1.807) is 0 Å². The van der Waals surface area contributed by atoms with Crippen LogP contribution in [0.2, 0.25) is 0 Å². The van der Waals surface area contributed by atoms with Crippen LogP contribution in [0.4, 0.5) is 0 Å². The fourth-order valence-corrected chi connectivity index (χ4v) is 1.27. The average Bonchev–Trinajstić information content (AvgIpc) is 2.07. The second-order valence-electron chi connectivity index (χ2n) is 2.98. The quantitative estimate of drug-likeness (QED) is 0.643. The highest BCUT2D eigenvalue weighted by molar-refractivity contribution is 5.13. The summed E-state index contributed by atoms with van der Waals surface area (Å²) < 4.78 is 0. The number of hydrogen-bond acceptors (Lipinski definition) is 1. The zero-order chi connectivity index (χ0) is 8.10. The van der Waals surface area contributed by atoms with Gasteiger partial charge in [0.1, 0.15) is 0 Å². The van der Waals surface area contributed by atoms with Crippen molar-refractivity contribution in [2.75, 3.05) is 0 Å². The standard InChI is InChI=1S/C10H15N/c1-3-5-9(2)10-6-4-7-11-8-10/h4,6-9H,3,5H2,1-2H3. The molecule has 0 saturated carbocycles. The summed E-state index contributed by atoms with van der Waals surface area (Å²) in [7, 11) is 0. The summed E-state index contributed by atoms with van der Waals surface area (Å²) in [6.45, 7) is 4.47. The van der Waals surface area contributed by atoms with Gasteiger partial charge in [-0.3, -0.25) is 4.98 Å². The molecule has 1 atom stereocenters. The molecule has 1 unspecified atom stereocenters. The molecule has 0 aromatic carbocycles. The van der Waals surface area contributed by atoms with Crippen LogP contribution in [0.1, 0.15) is 38.2 Å². The van der Waals surface area contributed by atoms with Crippen LogP contribution in [0.25, 0.3) is 0 Å². The Hall–Kier alpha value is -0.850. The Morgan fingerprint density at radius 1 is 1.55 bits per heavy atom. The minimum atomic E-state index is 0.661. The first-order chi connectivity index (χ1) is 5.34. The van der Waals surface area contributed by atoms with Crippen LogP contribution in [0.15, 0.2) is 24.5 Å². The SMILES string of the molecule is CCCC(C)c1cccnc1. The molecule has 0 spiro atoms. The van der Waals surface area contributed by atoms with E-state index in [2.05, 4.69) is 24.9 Å². The van der Waals surface area contributed by atoms with Crippen molar-refractivity contribution in [2.45, 2.75) is 32.6 Å². The second-order valence-corrected chi connectivity index (χ2v) is 2.98. The lowest BCUT2D eigenvalue weighted by Gasteiger charge is -2.08. The largest absolute Gasteiger partial charge is 0.264 e. The number of pyridine rings is 1. The lowest BCUT2D eigenvalue weighted by atomic mass is 9.99. The predicted octanol–water partition coefficient (Wildman–Crippen LogP) is 2.99. The normalized spacial score (nSPS) is 12.9. The second kappa shape index (κ2) is 4.12. The Bertz CT molecular complexity index is 193. The highest BCUT2D eigenvalue weighted by Crippen LogP contribution is 2.18. The van der Waals surface area contributed by atoms with Gasteiger partial charge in [-0.05, 0) is 24.0 Å². The first kappa shape index (κ1) is 8.25. The molecule has 0 aliphatic carbocycles. The van der Waals surface area contributed by atoms with Gasteiger partial charge in [0, 0.05) is 12.4 Å². The maximum absolute atomic E-state index is 4.09. The molecule has 0 fully saturated rings. The number of nitrogens with zero attached hydrogens (tertiary/aromatic N) is 1. The van der Waals surface area contributed by atoms with Crippen LogP contribution in [0.5, 0.6) is 0 Å². The molecule has 1 aromatic rings. The molecule has 0 amide bonds. The van der Waals surface area contributed by atoms with Gasteiger partial charge in [-0.25, -0.2) is 0 Å². The van der Waals surface area contributed by atoms with Crippen molar-refractivity contribution in [2.24, 2.45) is 0 Å². The third kappa shape index (κ3) is 2.34. The molecule has 0 radical (unpaired) electrons. The average molecular weight is 149 g/mol. The first-order valence-corrected chi connectivity index (χ1v) is 4.24. The Morgan fingerprint density at radius 2 is 2.36 bits per heavy atom. The van der Waals surface area contributed by atoms with Gasteiger partial charge in [-0.1, -0.05) is 26.3 Å². The van der Waals surface area contributed by atoms with Gasteiger partial charge in [0.15, 0.2) is 0 Å². The maximum atomic E-state index is 4.09. The molecule has 60 valence electrons. The highest BCUT2D eigenvalue weighted by atomic mass is 14.6. The molecule has 0 N–H and O–H groups in total. The molecule has 0 bridgehead atoms. The van der Waals surface area contributed by atoms with Crippen molar-refractivity contribution < 1.29 is 0 Å². The third-order valence-electron chi connectivity index (χ3n) is 1.98. The number of aromatic nitrogens is 1. The Kier molecular flexibility index (Phi) is 3.09.